The van der Waals surface area contributed by atoms with E-state index in [0.717, 1.165) is 54.9 Å². The summed E-state index contributed by atoms with van der Waals surface area (Å²) in [6, 6.07) is 6.23. The fourth-order valence-corrected chi connectivity index (χ4v) is 3.66. The molecule has 2 N–H and O–H groups in total. The van der Waals surface area contributed by atoms with Crippen molar-refractivity contribution in [3.8, 4) is 5.75 Å². The largest absolute Gasteiger partial charge is 0.497 e. The Morgan fingerprint density at radius 1 is 1.46 bits per heavy atom. The average Bonchev–Trinajstić information content (AvgIpc) is 3.37. The number of H-pyrrole nitrogens is 1. The molecule has 3 aromatic rings. The third-order valence-electron chi connectivity index (χ3n) is 5.12. The number of hydrogen-bond acceptors (Lipinski definition) is 6. The van der Waals surface area contributed by atoms with Crippen LogP contribution in [-0.2, 0) is 11.2 Å². The summed E-state index contributed by atoms with van der Waals surface area (Å²) >= 11 is 0. The Labute approximate surface area is 163 Å². The summed E-state index contributed by atoms with van der Waals surface area (Å²) in [6.07, 6.45) is 6.77. The molecular formula is C20H25N5O3. The molecule has 1 aliphatic heterocycles. The van der Waals surface area contributed by atoms with E-state index in [2.05, 4.69) is 25.2 Å². The minimum absolute atomic E-state index is 0.0914. The predicted molar refractivity (Wildman–Crippen MR) is 105 cm³/mol. The number of rotatable bonds is 7. The fraction of sp³-hybridized carbons (Fsp3) is 0.450. The van der Waals surface area contributed by atoms with Crippen LogP contribution in [0.5, 0.6) is 5.75 Å². The predicted octanol–water partition coefficient (Wildman–Crippen LogP) is 2.52. The van der Waals surface area contributed by atoms with E-state index in [1.165, 1.54) is 0 Å². The van der Waals surface area contributed by atoms with Gasteiger partial charge in [0, 0.05) is 50.4 Å². The number of ether oxygens (including phenoxy) is 1. The van der Waals surface area contributed by atoms with E-state index in [4.69, 9.17) is 9.15 Å². The number of aromatic nitrogens is 3. The van der Waals surface area contributed by atoms with Crippen LogP contribution in [0.15, 0.2) is 35.1 Å². The number of methoxy groups -OCH3 is 1. The van der Waals surface area contributed by atoms with Crippen molar-refractivity contribution in [1.82, 2.24) is 20.3 Å². The molecule has 1 aromatic carbocycles. The average molecular weight is 383 g/mol. The van der Waals surface area contributed by atoms with Crippen LogP contribution in [0, 0.1) is 5.92 Å². The van der Waals surface area contributed by atoms with Gasteiger partial charge in [-0.3, -0.25) is 4.79 Å². The van der Waals surface area contributed by atoms with E-state index < -0.39 is 0 Å². The third kappa shape index (κ3) is 4.27. The molecule has 3 heterocycles. The number of nitrogens with one attached hydrogen (secondary N) is 2. The van der Waals surface area contributed by atoms with Crippen molar-refractivity contribution in [3.05, 3.63) is 36.4 Å². The van der Waals surface area contributed by atoms with E-state index in [1.807, 2.05) is 18.2 Å². The number of carbonyl (C=O) groups is 1. The summed E-state index contributed by atoms with van der Waals surface area (Å²) in [5.74, 6) is 1.15. The Morgan fingerprint density at radius 3 is 3.21 bits per heavy atom. The molecule has 1 aliphatic rings. The third-order valence-corrected chi connectivity index (χ3v) is 5.12. The van der Waals surface area contributed by atoms with Gasteiger partial charge < -0.3 is 24.4 Å². The monoisotopic (exact) mass is 383 g/mol. The van der Waals surface area contributed by atoms with Crippen LogP contribution in [0.3, 0.4) is 0 Å². The van der Waals surface area contributed by atoms with Gasteiger partial charge in [-0.25, -0.2) is 4.98 Å². The zero-order valence-electron chi connectivity index (χ0n) is 16.0. The highest BCUT2D eigenvalue weighted by atomic mass is 16.5. The maximum atomic E-state index is 12.3. The van der Waals surface area contributed by atoms with E-state index in [-0.39, 0.29) is 5.91 Å². The number of nitrogens with zero attached hydrogens (tertiary/aromatic N) is 3. The maximum Gasteiger partial charge on any atom is 0.298 e. The molecule has 0 aliphatic carbocycles. The van der Waals surface area contributed by atoms with E-state index in [9.17, 15) is 4.79 Å². The number of oxazole rings is 1. The molecule has 8 nitrogen and oxygen atoms in total. The van der Waals surface area contributed by atoms with E-state index in [1.54, 1.807) is 19.6 Å². The first kappa shape index (κ1) is 18.3. The normalized spacial score (nSPS) is 17.0. The van der Waals surface area contributed by atoms with Gasteiger partial charge >= 0.3 is 0 Å². The molecule has 8 heteroatoms. The van der Waals surface area contributed by atoms with Crippen LogP contribution >= 0.6 is 0 Å². The summed E-state index contributed by atoms with van der Waals surface area (Å²) in [7, 11) is 1.64. The Balaban J connectivity index is 1.31. The van der Waals surface area contributed by atoms with Crippen molar-refractivity contribution in [2.24, 2.45) is 5.92 Å². The standard InChI is InChI=1S/C20H25N5O3/c1-27-16-4-5-18-17(10-16)24-20(28-18)25-8-2-3-14(12-25)9-19(26)22-7-6-15-11-21-13-23-15/h4-5,10-11,13-14H,2-3,6-9,12H2,1H3,(H,21,23)(H,22,26). The van der Waals surface area contributed by atoms with Gasteiger partial charge in [-0.05, 0) is 30.9 Å². The lowest BCUT2D eigenvalue weighted by Crippen LogP contribution is -2.38. The van der Waals surface area contributed by atoms with Gasteiger partial charge in [-0.15, -0.1) is 0 Å². The SMILES string of the molecule is COc1ccc2oc(N3CCCC(CC(=O)NCCc4cnc[nH]4)C3)nc2c1. The summed E-state index contributed by atoms with van der Waals surface area (Å²) in [4.78, 5) is 26.0. The van der Waals surface area contributed by atoms with Crippen LogP contribution in [0.2, 0.25) is 0 Å². The highest BCUT2D eigenvalue weighted by molar-refractivity contribution is 5.77. The number of carbonyl (C=O) groups excluding carboxylic acids is 1. The quantitative estimate of drug-likeness (QED) is 0.651. The number of piperidine rings is 1. The van der Waals surface area contributed by atoms with Gasteiger partial charge in [0.25, 0.3) is 6.01 Å². The molecule has 148 valence electrons. The van der Waals surface area contributed by atoms with Gasteiger partial charge in [0.2, 0.25) is 5.91 Å². The Morgan fingerprint density at radius 2 is 2.39 bits per heavy atom. The van der Waals surface area contributed by atoms with Crippen molar-refractivity contribution in [1.29, 1.82) is 0 Å². The van der Waals surface area contributed by atoms with Crippen LogP contribution in [0.1, 0.15) is 25.0 Å². The van der Waals surface area contributed by atoms with E-state index in [0.29, 0.717) is 24.9 Å². The number of fused-ring (bicyclic) bond motifs is 1. The number of benzene rings is 1. The Bertz CT molecular complexity index is 921. The van der Waals surface area contributed by atoms with E-state index >= 15 is 0 Å². The number of amides is 1. The van der Waals surface area contributed by atoms with Crippen molar-refractivity contribution in [2.45, 2.75) is 25.7 Å². The van der Waals surface area contributed by atoms with Crippen molar-refractivity contribution in [2.75, 3.05) is 31.6 Å². The number of anilines is 1. The summed E-state index contributed by atoms with van der Waals surface area (Å²) in [6.45, 7) is 2.28. The second-order valence-electron chi connectivity index (χ2n) is 7.17. The van der Waals surface area contributed by atoms with Gasteiger partial charge in [-0.1, -0.05) is 0 Å². The second-order valence-corrected chi connectivity index (χ2v) is 7.17. The van der Waals surface area contributed by atoms with Crippen molar-refractivity contribution >= 4 is 23.0 Å². The molecule has 1 unspecified atom stereocenters. The van der Waals surface area contributed by atoms with Crippen LogP contribution in [-0.4, -0.2) is 47.6 Å². The summed E-state index contributed by atoms with van der Waals surface area (Å²) < 4.78 is 11.2. The van der Waals surface area contributed by atoms with Gasteiger partial charge in [0.05, 0.1) is 13.4 Å². The van der Waals surface area contributed by atoms with Crippen LogP contribution in [0.25, 0.3) is 11.1 Å². The lowest BCUT2D eigenvalue weighted by Gasteiger charge is -2.31. The van der Waals surface area contributed by atoms with Crippen molar-refractivity contribution in [3.63, 3.8) is 0 Å². The zero-order valence-corrected chi connectivity index (χ0v) is 16.0. The summed E-state index contributed by atoms with van der Waals surface area (Å²) in [5, 5.41) is 3.00. The molecular weight excluding hydrogens is 358 g/mol. The highest BCUT2D eigenvalue weighted by Crippen LogP contribution is 2.29. The first-order valence-corrected chi connectivity index (χ1v) is 9.65. The van der Waals surface area contributed by atoms with Gasteiger partial charge in [0.1, 0.15) is 11.3 Å². The molecule has 0 saturated carbocycles. The lowest BCUT2D eigenvalue weighted by atomic mass is 9.94. The molecule has 2 aromatic heterocycles. The lowest BCUT2D eigenvalue weighted by molar-refractivity contribution is -0.122. The minimum atomic E-state index is 0.0914. The van der Waals surface area contributed by atoms with Gasteiger partial charge in [0.15, 0.2) is 5.58 Å². The van der Waals surface area contributed by atoms with Gasteiger partial charge in [-0.2, -0.15) is 4.98 Å². The molecule has 0 bridgehead atoms. The molecule has 1 saturated heterocycles. The highest BCUT2D eigenvalue weighted by Gasteiger charge is 2.25. The number of hydrogen-bond donors (Lipinski definition) is 2. The number of aromatic amines is 1. The molecule has 0 radical (unpaired) electrons. The fourth-order valence-electron chi connectivity index (χ4n) is 3.66. The smallest absolute Gasteiger partial charge is 0.298 e. The topological polar surface area (TPSA) is 96.3 Å². The first-order chi connectivity index (χ1) is 13.7. The second kappa shape index (κ2) is 8.33. The van der Waals surface area contributed by atoms with Crippen LogP contribution < -0.4 is 15.0 Å². The zero-order chi connectivity index (χ0) is 19.3. The molecule has 0 spiro atoms. The maximum absolute atomic E-state index is 12.3. The first-order valence-electron chi connectivity index (χ1n) is 9.65. The molecule has 4 rings (SSSR count). The summed E-state index contributed by atoms with van der Waals surface area (Å²) in [5.41, 5.74) is 2.55. The molecule has 1 atom stereocenters. The number of imidazole rings is 1. The Hall–Kier alpha value is -3.03. The molecule has 28 heavy (non-hydrogen) atoms. The Kier molecular flexibility index (Phi) is 5.45. The molecule has 1 amide bonds. The van der Waals surface area contributed by atoms with Crippen LogP contribution in [0.4, 0.5) is 6.01 Å². The minimum Gasteiger partial charge on any atom is -0.497 e. The molecule has 1 fully saturated rings. The van der Waals surface area contributed by atoms with Crippen molar-refractivity contribution < 1.29 is 13.9 Å².